The van der Waals surface area contributed by atoms with Crippen molar-refractivity contribution in [2.24, 2.45) is 23.3 Å². The number of fused-ring (bicyclic) bond motifs is 2. The van der Waals surface area contributed by atoms with Crippen molar-refractivity contribution < 1.29 is 42.9 Å². The molecule has 6 N–H and O–H groups in total. The van der Waals surface area contributed by atoms with Crippen molar-refractivity contribution in [1.29, 1.82) is 0 Å². The lowest BCUT2D eigenvalue weighted by atomic mass is 9.85. The van der Waals surface area contributed by atoms with E-state index in [1.807, 2.05) is 6.92 Å². The second-order valence-electron chi connectivity index (χ2n) is 11.3. The van der Waals surface area contributed by atoms with E-state index in [-0.39, 0.29) is 35.9 Å². The van der Waals surface area contributed by atoms with Crippen LogP contribution in [0.15, 0.2) is 59.0 Å². The molecule has 0 saturated carbocycles. The van der Waals surface area contributed by atoms with Gasteiger partial charge in [0.25, 0.3) is 5.91 Å². The number of ether oxygens (including phenoxy) is 4. The molecule has 3 amide bonds. The van der Waals surface area contributed by atoms with Gasteiger partial charge in [-0.25, -0.2) is 9.59 Å². The maximum Gasteiger partial charge on any atom is 0.405 e. The highest BCUT2D eigenvalue weighted by molar-refractivity contribution is 6.23. The fourth-order valence-corrected chi connectivity index (χ4v) is 5.56. The van der Waals surface area contributed by atoms with Gasteiger partial charge >= 0.3 is 12.2 Å². The highest BCUT2D eigenvalue weighted by atomic mass is 16.6. The Morgan fingerprint density at radius 3 is 2.29 bits per heavy atom. The molecule has 0 aromatic carbocycles. The third-order valence-electron chi connectivity index (χ3n) is 7.76. The molecule has 0 spiro atoms. The zero-order chi connectivity index (χ0) is 33.8. The van der Waals surface area contributed by atoms with Crippen LogP contribution >= 0.6 is 0 Å². The number of allylic oxidation sites excluding steroid dienone is 3. The fourth-order valence-electron chi connectivity index (χ4n) is 5.56. The number of nitrogens with two attached hydrogens (primary N) is 2. The molecule has 13 nitrogen and oxygen atoms in total. The lowest BCUT2D eigenvalue weighted by molar-refractivity contribution is -0.120. The van der Waals surface area contributed by atoms with Gasteiger partial charge in [-0.3, -0.25) is 14.4 Å². The van der Waals surface area contributed by atoms with Crippen molar-refractivity contribution in [2.75, 3.05) is 20.8 Å². The van der Waals surface area contributed by atoms with Crippen LogP contribution < -0.4 is 22.1 Å². The number of nitrogens with one attached hydrogen (secondary N) is 2. The summed E-state index contributed by atoms with van der Waals surface area (Å²) in [5.74, 6) is -2.28. The monoisotopic (exact) mass is 630 g/mol. The number of methoxy groups -OCH3 is 2. The average Bonchev–Trinajstić information content (AvgIpc) is 2.97. The van der Waals surface area contributed by atoms with Gasteiger partial charge in [-0.15, -0.1) is 6.58 Å². The Hall–Kier alpha value is -4.23. The zero-order valence-electron chi connectivity index (χ0n) is 26.8. The standard InChI is InChI=1S/C32H46N4O9/c1-8-12-35-26-21-13-17(2)14-25(43-7)29(45-32(34)41)20(5)15-19(4)28(44-31(33)40)24(42-6)11-9-10-18(3)30(39)36-22(27(21)38)16-23(26)37/h8,10,15-17,20,24-25,28-29,35H,1,9,11-14H2,2-7H3,(H2,33,40)(H2,34,41)(H,36,39)/b18-10-,19-15-. The van der Waals surface area contributed by atoms with Crippen molar-refractivity contribution in [3.8, 4) is 0 Å². The second-order valence-corrected chi connectivity index (χ2v) is 11.3. The van der Waals surface area contributed by atoms with Gasteiger partial charge in [-0.1, -0.05) is 32.1 Å². The maximum absolute atomic E-state index is 13.7. The van der Waals surface area contributed by atoms with E-state index in [9.17, 15) is 24.0 Å². The second kappa shape index (κ2) is 17.3. The molecule has 2 aliphatic rings. The summed E-state index contributed by atoms with van der Waals surface area (Å²) in [5.41, 5.74) is 11.9. The van der Waals surface area contributed by atoms with E-state index in [0.29, 0.717) is 30.4 Å². The van der Waals surface area contributed by atoms with Gasteiger partial charge in [0.2, 0.25) is 11.6 Å². The van der Waals surface area contributed by atoms with Crippen molar-refractivity contribution in [2.45, 2.75) is 77.8 Å². The number of rotatable bonds is 7. The van der Waals surface area contributed by atoms with Gasteiger partial charge in [0.15, 0.2) is 6.10 Å². The Balaban J connectivity index is 2.67. The van der Waals surface area contributed by atoms with Crippen LogP contribution in [0, 0.1) is 11.8 Å². The van der Waals surface area contributed by atoms with E-state index in [0.717, 1.165) is 6.08 Å². The molecule has 0 fully saturated rings. The number of carbonyl (C=O) groups is 5. The molecule has 0 saturated heterocycles. The van der Waals surface area contributed by atoms with E-state index in [1.54, 1.807) is 39.0 Å². The summed E-state index contributed by atoms with van der Waals surface area (Å²) < 4.78 is 22.4. The van der Waals surface area contributed by atoms with Gasteiger partial charge in [-0.05, 0) is 51.0 Å². The molecule has 13 heteroatoms. The molecule has 2 rings (SSSR count). The molecule has 1 heterocycles. The molecular weight excluding hydrogens is 584 g/mol. The van der Waals surface area contributed by atoms with Crippen LogP contribution in [-0.2, 0) is 33.3 Å². The Labute approximate surface area is 264 Å². The lowest BCUT2D eigenvalue weighted by Crippen LogP contribution is -2.41. The summed E-state index contributed by atoms with van der Waals surface area (Å²) in [6.45, 7) is 10.9. The number of carbonyl (C=O) groups excluding carboxylic acids is 5. The van der Waals surface area contributed by atoms with E-state index in [2.05, 4.69) is 17.2 Å². The molecule has 45 heavy (non-hydrogen) atoms. The van der Waals surface area contributed by atoms with Crippen LogP contribution in [-0.4, -0.2) is 74.8 Å². The van der Waals surface area contributed by atoms with Gasteiger partial charge in [-0.2, -0.15) is 0 Å². The van der Waals surface area contributed by atoms with Gasteiger partial charge in [0.1, 0.15) is 6.10 Å². The summed E-state index contributed by atoms with van der Waals surface area (Å²) in [6.07, 6.45) is 2.06. The third-order valence-corrected chi connectivity index (χ3v) is 7.76. The molecular formula is C32H46N4O9. The maximum atomic E-state index is 13.7. The zero-order valence-corrected chi connectivity index (χ0v) is 26.8. The van der Waals surface area contributed by atoms with Gasteiger partial charge < -0.3 is 41.0 Å². The first-order valence-corrected chi connectivity index (χ1v) is 14.8. The number of amides is 3. The van der Waals surface area contributed by atoms with Crippen LogP contribution in [0.3, 0.4) is 0 Å². The number of ketones is 2. The normalized spacial score (nSPS) is 29.7. The predicted molar refractivity (Wildman–Crippen MR) is 166 cm³/mol. The third kappa shape index (κ3) is 10.4. The molecule has 1 aliphatic carbocycles. The topological polar surface area (TPSA) is 198 Å². The van der Waals surface area contributed by atoms with Crippen LogP contribution in [0.1, 0.15) is 53.4 Å². The first-order valence-electron chi connectivity index (χ1n) is 14.8. The molecule has 0 radical (unpaired) electrons. The van der Waals surface area contributed by atoms with Gasteiger partial charge in [0, 0.05) is 43.9 Å². The molecule has 6 unspecified atom stereocenters. The van der Waals surface area contributed by atoms with Crippen LogP contribution in [0.4, 0.5) is 9.59 Å². The average molecular weight is 631 g/mol. The molecule has 0 aromatic rings. The van der Waals surface area contributed by atoms with E-state index in [1.165, 1.54) is 14.2 Å². The molecule has 6 atom stereocenters. The largest absolute Gasteiger partial charge is 0.443 e. The molecule has 1 aliphatic heterocycles. The first-order chi connectivity index (χ1) is 21.2. The predicted octanol–water partition coefficient (Wildman–Crippen LogP) is 2.86. The Morgan fingerprint density at radius 2 is 1.71 bits per heavy atom. The summed E-state index contributed by atoms with van der Waals surface area (Å²) in [7, 11) is 2.92. The van der Waals surface area contributed by atoms with E-state index >= 15 is 0 Å². The number of Topliss-reactive ketones (excluding diaryl/α,β-unsaturated/α-hetero) is 1. The van der Waals surface area contributed by atoms with Crippen LogP contribution in [0.5, 0.6) is 0 Å². The van der Waals surface area contributed by atoms with Crippen molar-refractivity contribution >= 4 is 29.7 Å². The van der Waals surface area contributed by atoms with E-state index in [4.69, 9.17) is 30.4 Å². The molecule has 2 bridgehead atoms. The quantitative estimate of drug-likeness (QED) is 0.240. The number of hydrogen-bond acceptors (Lipinski definition) is 10. The minimum Gasteiger partial charge on any atom is -0.443 e. The first kappa shape index (κ1) is 37.0. The Bertz CT molecular complexity index is 1280. The summed E-state index contributed by atoms with van der Waals surface area (Å²) >= 11 is 0. The smallest absolute Gasteiger partial charge is 0.405 e. The summed E-state index contributed by atoms with van der Waals surface area (Å²) in [5, 5.41) is 5.55. The summed E-state index contributed by atoms with van der Waals surface area (Å²) in [4.78, 5) is 63.7. The highest BCUT2D eigenvalue weighted by Gasteiger charge is 2.35. The van der Waals surface area contributed by atoms with Crippen LogP contribution in [0.2, 0.25) is 0 Å². The minimum atomic E-state index is -1.01. The minimum absolute atomic E-state index is 0.125. The fraction of sp³-hybridized carbons (Fsp3) is 0.531. The Kier molecular flexibility index (Phi) is 14.2. The Morgan fingerprint density at radius 1 is 1.07 bits per heavy atom. The summed E-state index contributed by atoms with van der Waals surface area (Å²) in [6, 6.07) is 0. The highest BCUT2D eigenvalue weighted by Crippen LogP contribution is 2.30. The van der Waals surface area contributed by atoms with Crippen molar-refractivity contribution in [1.82, 2.24) is 10.6 Å². The molecule has 0 aromatic heterocycles. The molecule has 248 valence electrons. The number of primary amides is 2. The van der Waals surface area contributed by atoms with Gasteiger partial charge in [0.05, 0.1) is 23.6 Å². The van der Waals surface area contributed by atoms with Crippen molar-refractivity contribution in [3.05, 3.63) is 59.0 Å². The SMILES string of the molecule is C=CCNC1=C2CC(C)CC(OC)C(OC(N)=O)C(C)/C=C(/C)C(OC(N)=O)C(OC)CC/C=C(/C)C(=O)NC(=CC1=O)C2=O. The van der Waals surface area contributed by atoms with Crippen molar-refractivity contribution in [3.63, 3.8) is 0 Å². The van der Waals surface area contributed by atoms with E-state index < -0.39 is 60.0 Å². The lowest BCUT2D eigenvalue weighted by Gasteiger charge is -2.32. The number of hydrogen-bond donors (Lipinski definition) is 4. The van der Waals surface area contributed by atoms with Crippen LogP contribution in [0.25, 0.3) is 0 Å².